The Labute approximate surface area is 160 Å². The molecule has 1 fully saturated rings. The summed E-state index contributed by atoms with van der Waals surface area (Å²) < 4.78 is 7.67. The van der Waals surface area contributed by atoms with E-state index in [1.807, 2.05) is 53.1 Å². The predicted molar refractivity (Wildman–Crippen MR) is 107 cm³/mol. The van der Waals surface area contributed by atoms with E-state index in [2.05, 4.69) is 4.98 Å². The summed E-state index contributed by atoms with van der Waals surface area (Å²) in [6, 6.07) is 15.7. The highest BCUT2D eigenvalue weighted by Gasteiger charge is 2.28. The highest BCUT2D eigenvalue weighted by atomic mass is 32.2. The molecule has 0 amide bonds. The average Bonchev–Trinajstić information content (AvgIpc) is 3.43. The molecular formula is C21H19N3O2S. The molecule has 0 bridgehead atoms. The van der Waals surface area contributed by atoms with Gasteiger partial charge in [-0.3, -0.25) is 9.36 Å². The van der Waals surface area contributed by atoms with Gasteiger partial charge in [-0.15, -0.1) is 0 Å². The van der Waals surface area contributed by atoms with Crippen molar-refractivity contribution >= 4 is 33.8 Å². The lowest BCUT2D eigenvalue weighted by Gasteiger charge is -2.12. The van der Waals surface area contributed by atoms with E-state index in [1.165, 1.54) is 0 Å². The van der Waals surface area contributed by atoms with Crippen molar-refractivity contribution in [3.05, 3.63) is 64.8 Å². The van der Waals surface area contributed by atoms with Gasteiger partial charge < -0.3 is 4.42 Å². The van der Waals surface area contributed by atoms with Gasteiger partial charge >= 0.3 is 0 Å². The molecule has 27 heavy (non-hydrogen) atoms. The quantitative estimate of drug-likeness (QED) is 0.279. The standard InChI is InChI=1S/C21H19N3O2S/c25-20-15-6-1-2-7-16(15)23-21(24(20)14-11-12-14)27-13-5-10-19-22-17-8-3-4-9-18(17)26-19/h1-4,6-9,14H,5,10-13H2. The number of thioether (sulfide) groups is 1. The zero-order valence-electron chi connectivity index (χ0n) is 14.8. The number of hydrogen-bond donors (Lipinski definition) is 0. The van der Waals surface area contributed by atoms with Gasteiger partial charge in [0.2, 0.25) is 0 Å². The first-order valence-electron chi connectivity index (χ1n) is 9.28. The lowest BCUT2D eigenvalue weighted by Crippen LogP contribution is -2.22. The van der Waals surface area contributed by atoms with Gasteiger partial charge in [-0.1, -0.05) is 36.0 Å². The first kappa shape index (κ1) is 16.6. The van der Waals surface area contributed by atoms with Gasteiger partial charge in [-0.2, -0.15) is 0 Å². The summed E-state index contributed by atoms with van der Waals surface area (Å²) in [6.07, 6.45) is 3.83. The van der Waals surface area contributed by atoms with E-state index in [0.29, 0.717) is 11.4 Å². The third-order valence-corrected chi connectivity index (χ3v) is 5.83. The minimum Gasteiger partial charge on any atom is -0.441 e. The minimum absolute atomic E-state index is 0.0875. The van der Waals surface area contributed by atoms with Crippen molar-refractivity contribution in [3.8, 4) is 0 Å². The predicted octanol–water partition coefficient (Wildman–Crippen LogP) is 4.60. The Kier molecular flexibility index (Phi) is 4.20. The van der Waals surface area contributed by atoms with Crippen LogP contribution in [0.15, 0.2) is 62.9 Å². The Bertz CT molecular complexity index is 1140. The van der Waals surface area contributed by atoms with Crippen LogP contribution in [0.1, 0.15) is 31.2 Å². The largest absolute Gasteiger partial charge is 0.441 e. The molecular weight excluding hydrogens is 358 g/mol. The molecule has 1 saturated carbocycles. The Balaban J connectivity index is 1.32. The molecule has 2 aromatic carbocycles. The molecule has 5 rings (SSSR count). The summed E-state index contributed by atoms with van der Waals surface area (Å²) in [5, 5.41) is 1.54. The molecule has 0 N–H and O–H groups in total. The molecule has 0 spiro atoms. The molecule has 0 unspecified atom stereocenters. The molecule has 1 aliphatic rings. The second kappa shape index (κ2) is 6.85. The zero-order valence-corrected chi connectivity index (χ0v) is 15.6. The number of nitrogens with zero attached hydrogens (tertiary/aromatic N) is 3. The third-order valence-electron chi connectivity index (χ3n) is 4.79. The van der Waals surface area contributed by atoms with Crippen molar-refractivity contribution in [1.82, 2.24) is 14.5 Å². The molecule has 0 aliphatic heterocycles. The van der Waals surface area contributed by atoms with Crippen molar-refractivity contribution < 1.29 is 4.42 Å². The van der Waals surface area contributed by atoms with E-state index >= 15 is 0 Å². The van der Waals surface area contributed by atoms with Crippen molar-refractivity contribution in [2.75, 3.05) is 5.75 Å². The van der Waals surface area contributed by atoms with Crippen molar-refractivity contribution in [2.45, 2.75) is 36.9 Å². The van der Waals surface area contributed by atoms with Crippen LogP contribution in [-0.2, 0) is 6.42 Å². The lowest BCUT2D eigenvalue weighted by atomic mass is 10.2. The summed E-state index contributed by atoms with van der Waals surface area (Å²) >= 11 is 1.65. The Morgan fingerprint density at radius 1 is 1.04 bits per heavy atom. The molecule has 2 heterocycles. The van der Waals surface area contributed by atoms with Crippen molar-refractivity contribution in [3.63, 3.8) is 0 Å². The van der Waals surface area contributed by atoms with E-state index in [-0.39, 0.29) is 5.56 Å². The van der Waals surface area contributed by atoms with Crippen molar-refractivity contribution in [1.29, 1.82) is 0 Å². The summed E-state index contributed by atoms with van der Waals surface area (Å²) in [4.78, 5) is 22.2. The van der Waals surface area contributed by atoms with Crippen LogP contribution in [0.5, 0.6) is 0 Å². The van der Waals surface area contributed by atoms with Crippen molar-refractivity contribution in [2.24, 2.45) is 0 Å². The van der Waals surface area contributed by atoms with E-state index in [0.717, 1.165) is 59.1 Å². The van der Waals surface area contributed by atoms with Crippen LogP contribution in [0.2, 0.25) is 0 Å². The van der Waals surface area contributed by atoms with E-state index in [4.69, 9.17) is 9.40 Å². The first-order chi connectivity index (χ1) is 13.3. The molecule has 6 heteroatoms. The highest BCUT2D eigenvalue weighted by Crippen LogP contribution is 2.37. The molecule has 2 aromatic heterocycles. The summed E-state index contributed by atoms with van der Waals surface area (Å²) in [6.45, 7) is 0. The number of para-hydroxylation sites is 3. The number of fused-ring (bicyclic) bond motifs is 2. The summed E-state index contributed by atoms with van der Waals surface area (Å²) in [5.74, 6) is 1.64. The fraction of sp³-hybridized carbons (Fsp3) is 0.286. The normalized spacial score (nSPS) is 14.2. The minimum atomic E-state index is 0.0875. The molecule has 1 aliphatic carbocycles. The molecule has 0 atom stereocenters. The number of oxazole rings is 1. The maximum absolute atomic E-state index is 12.9. The second-order valence-electron chi connectivity index (χ2n) is 6.85. The topological polar surface area (TPSA) is 60.9 Å². The second-order valence-corrected chi connectivity index (χ2v) is 7.91. The highest BCUT2D eigenvalue weighted by molar-refractivity contribution is 7.99. The fourth-order valence-electron chi connectivity index (χ4n) is 3.30. The van der Waals surface area contributed by atoms with Crippen LogP contribution >= 0.6 is 11.8 Å². The van der Waals surface area contributed by atoms with Crippen LogP contribution in [0.3, 0.4) is 0 Å². The smallest absolute Gasteiger partial charge is 0.262 e. The SMILES string of the molecule is O=c1c2ccccc2nc(SCCCc2nc3ccccc3o2)n1C1CC1. The number of aromatic nitrogens is 3. The van der Waals surface area contributed by atoms with Crippen LogP contribution in [0.25, 0.3) is 22.0 Å². The van der Waals surface area contributed by atoms with Crippen LogP contribution in [-0.4, -0.2) is 20.3 Å². The summed E-state index contributed by atoms with van der Waals surface area (Å²) in [5.41, 5.74) is 2.60. The number of hydrogen-bond acceptors (Lipinski definition) is 5. The Morgan fingerprint density at radius 3 is 2.63 bits per heavy atom. The van der Waals surface area contributed by atoms with Gasteiger partial charge in [0.1, 0.15) is 5.52 Å². The van der Waals surface area contributed by atoms with Gasteiger partial charge in [0.15, 0.2) is 16.6 Å². The first-order valence-corrected chi connectivity index (χ1v) is 10.3. The molecule has 4 aromatic rings. The van der Waals surface area contributed by atoms with Crippen LogP contribution in [0, 0.1) is 0 Å². The molecule has 0 saturated heterocycles. The third kappa shape index (κ3) is 3.25. The maximum Gasteiger partial charge on any atom is 0.262 e. The van der Waals surface area contributed by atoms with Gasteiger partial charge in [0.25, 0.3) is 5.56 Å². The van der Waals surface area contributed by atoms with Crippen LogP contribution < -0.4 is 5.56 Å². The fourth-order valence-corrected chi connectivity index (χ4v) is 4.30. The monoisotopic (exact) mass is 377 g/mol. The lowest BCUT2D eigenvalue weighted by molar-refractivity contribution is 0.526. The van der Waals surface area contributed by atoms with E-state index in [9.17, 15) is 4.79 Å². The maximum atomic E-state index is 12.9. The van der Waals surface area contributed by atoms with Gasteiger partial charge in [0.05, 0.1) is 10.9 Å². The zero-order chi connectivity index (χ0) is 18.2. The van der Waals surface area contributed by atoms with E-state index < -0.39 is 0 Å². The Morgan fingerprint density at radius 2 is 1.81 bits per heavy atom. The number of benzene rings is 2. The molecule has 0 radical (unpaired) electrons. The van der Waals surface area contributed by atoms with Gasteiger partial charge in [-0.25, -0.2) is 9.97 Å². The average molecular weight is 377 g/mol. The van der Waals surface area contributed by atoms with Gasteiger partial charge in [-0.05, 0) is 43.5 Å². The molecule has 136 valence electrons. The number of rotatable bonds is 6. The van der Waals surface area contributed by atoms with Gasteiger partial charge in [0, 0.05) is 18.2 Å². The van der Waals surface area contributed by atoms with Crippen LogP contribution in [0.4, 0.5) is 0 Å². The molecule has 5 nitrogen and oxygen atoms in total. The van der Waals surface area contributed by atoms with E-state index in [1.54, 1.807) is 11.8 Å². The Hall–Kier alpha value is -2.60. The summed E-state index contributed by atoms with van der Waals surface area (Å²) in [7, 11) is 0. The number of aryl methyl sites for hydroxylation is 1.